The number of nitrogens with zero attached hydrogens (tertiary/aromatic N) is 2. The summed E-state index contributed by atoms with van der Waals surface area (Å²) in [5.74, 6) is 0. The minimum atomic E-state index is -0.106. The summed E-state index contributed by atoms with van der Waals surface area (Å²) in [7, 11) is 23.9. The molecule has 0 spiro atoms. The van der Waals surface area contributed by atoms with Crippen molar-refractivity contribution in [2.45, 2.75) is 105 Å². The number of hydrogen-bond donors (Lipinski definition) is 0. The third-order valence-corrected chi connectivity index (χ3v) is 7.36. The molecule has 2 rings (SSSR count). The van der Waals surface area contributed by atoms with Crippen LogP contribution in [0.1, 0.15) is 105 Å². The Morgan fingerprint density at radius 2 is 0.692 bits per heavy atom. The van der Waals surface area contributed by atoms with Gasteiger partial charge in [-0.05, 0) is 66.7 Å². The third kappa shape index (κ3) is 11.4. The molecule has 0 amide bonds. The van der Waals surface area contributed by atoms with E-state index in [-0.39, 0.29) is 37.6 Å². The van der Waals surface area contributed by atoms with Crippen molar-refractivity contribution < 1.29 is 15.9 Å². The fourth-order valence-electron chi connectivity index (χ4n) is 5.10. The third-order valence-electron chi connectivity index (χ3n) is 6.39. The normalized spacial score (nSPS) is 12.3. The SMILES string of the molecule is CN(C)c1ccc(P)c(C(C)(C)C)c1C(C)(C)C.CN(C)c1ccc(P)c(C(C)(C)C)c1C(C)(C)C.[Cl][Pd][Cl]. The van der Waals surface area contributed by atoms with Crippen LogP contribution in [0.2, 0.25) is 0 Å². The van der Waals surface area contributed by atoms with Crippen LogP contribution in [0.25, 0.3) is 0 Å². The second-order valence-corrected chi connectivity index (χ2v) is 18.3. The molecular weight excluding hydrogens is 652 g/mol. The zero-order valence-corrected chi connectivity index (χ0v) is 32.8. The Balaban J connectivity index is 0.000000673. The first-order valence-corrected chi connectivity index (χ1v) is 18.5. The standard InChI is InChI=1S/2C16H28NP.2ClH.Pd/c2*1-15(2,3)13-11(17(7)8)9-10-12(18)14(13)16(4,5)6;;;/h2*9-10H,18H2,1-8H3;2*1H;/q;;;;+2/p-2. The van der Waals surface area contributed by atoms with Crippen molar-refractivity contribution in [3.05, 3.63) is 46.5 Å². The van der Waals surface area contributed by atoms with Crippen LogP contribution in [-0.4, -0.2) is 28.2 Å². The second kappa shape index (κ2) is 15.0. The summed E-state index contributed by atoms with van der Waals surface area (Å²) in [6.45, 7) is 27.6. The Bertz CT molecular complexity index is 987. The Labute approximate surface area is 263 Å². The monoisotopic (exact) mass is 706 g/mol. The maximum absolute atomic E-state index is 4.81. The van der Waals surface area contributed by atoms with Crippen LogP contribution in [-0.2, 0) is 37.6 Å². The molecule has 2 aromatic carbocycles. The summed E-state index contributed by atoms with van der Waals surface area (Å²) in [4.78, 5) is 4.44. The summed E-state index contributed by atoms with van der Waals surface area (Å²) in [5, 5.41) is 2.64. The molecule has 0 saturated heterocycles. The van der Waals surface area contributed by atoms with Gasteiger partial charge in [0.2, 0.25) is 0 Å². The summed E-state index contributed by atoms with van der Waals surface area (Å²) in [6.07, 6.45) is 0. The van der Waals surface area contributed by atoms with Crippen molar-refractivity contribution >= 4 is 59.5 Å². The molecule has 39 heavy (non-hydrogen) atoms. The molecule has 0 fully saturated rings. The zero-order valence-electron chi connectivity index (χ0n) is 27.4. The Hall–Kier alpha value is 0.142. The van der Waals surface area contributed by atoms with Gasteiger partial charge in [0.05, 0.1) is 0 Å². The van der Waals surface area contributed by atoms with E-state index < -0.39 is 0 Å². The van der Waals surface area contributed by atoms with Gasteiger partial charge in [-0.3, -0.25) is 0 Å². The number of halogens is 2. The van der Waals surface area contributed by atoms with Crippen molar-refractivity contribution in [2.75, 3.05) is 38.0 Å². The van der Waals surface area contributed by atoms with Crippen LogP contribution in [0, 0.1) is 0 Å². The van der Waals surface area contributed by atoms with Crippen molar-refractivity contribution in [2.24, 2.45) is 0 Å². The van der Waals surface area contributed by atoms with Crippen LogP contribution >= 0.6 is 37.5 Å². The van der Waals surface area contributed by atoms with Gasteiger partial charge < -0.3 is 9.80 Å². The van der Waals surface area contributed by atoms with Gasteiger partial charge in [0.25, 0.3) is 0 Å². The summed E-state index contributed by atoms with van der Waals surface area (Å²) in [6, 6.07) is 8.90. The van der Waals surface area contributed by atoms with Gasteiger partial charge in [0, 0.05) is 39.6 Å². The van der Waals surface area contributed by atoms with E-state index in [9.17, 15) is 0 Å². The van der Waals surface area contributed by atoms with Gasteiger partial charge in [-0.15, -0.1) is 18.5 Å². The molecule has 2 unspecified atom stereocenters. The number of rotatable bonds is 2. The average Bonchev–Trinajstić information content (AvgIpc) is 2.70. The van der Waals surface area contributed by atoms with Gasteiger partial charge in [0.15, 0.2) is 0 Å². The van der Waals surface area contributed by atoms with Gasteiger partial charge in [-0.1, -0.05) is 95.2 Å². The molecule has 228 valence electrons. The van der Waals surface area contributed by atoms with Crippen LogP contribution < -0.4 is 20.4 Å². The Morgan fingerprint density at radius 3 is 0.846 bits per heavy atom. The first-order chi connectivity index (χ1) is 17.3. The van der Waals surface area contributed by atoms with E-state index >= 15 is 0 Å². The Kier molecular flexibility index (Phi) is 15.1. The van der Waals surface area contributed by atoms with Crippen LogP contribution in [0.15, 0.2) is 24.3 Å². The van der Waals surface area contributed by atoms with E-state index in [4.69, 9.17) is 19.1 Å². The van der Waals surface area contributed by atoms with Crippen LogP contribution in [0.4, 0.5) is 11.4 Å². The molecule has 7 heteroatoms. The van der Waals surface area contributed by atoms with Crippen molar-refractivity contribution in [1.29, 1.82) is 0 Å². The fourth-order valence-corrected chi connectivity index (χ4v) is 6.44. The number of hydrogen-bond acceptors (Lipinski definition) is 2. The van der Waals surface area contributed by atoms with Crippen molar-refractivity contribution in [1.82, 2.24) is 0 Å². The molecule has 0 bridgehead atoms. The molecule has 2 nitrogen and oxygen atoms in total. The molecule has 0 aliphatic heterocycles. The molecule has 0 heterocycles. The average molecular weight is 708 g/mol. The van der Waals surface area contributed by atoms with Gasteiger partial charge in [-0.2, -0.15) is 0 Å². The molecule has 2 atom stereocenters. The zero-order chi connectivity index (χ0) is 31.3. The number of benzene rings is 2. The summed E-state index contributed by atoms with van der Waals surface area (Å²) >= 11 is -0.106. The molecular formula is C32H56Cl2N2P2Pd. The minimum absolute atomic E-state index is 0.106. The van der Waals surface area contributed by atoms with Gasteiger partial charge in [0.1, 0.15) is 0 Å². The summed E-state index contributed by atoms with van der Waals surface area (Å²) < 4.78 is 0. The molecule has 0 N–H and O–H groups in total. The predicted octanol–water partition coefficient (Wildman–Crippen LogP) is 9.07. The Morgan fingerprint density at radius 1 is 0.487 bits per heavy atom. The molecule has 0 aliphatic carbocycles. The van der Waals surface area contributed by atoms with Crippen molar-refractivity contribution in [3.63, 3.8) is 0 Å². The van der Waals surface area contributed by atoms with Crippen LogP contribution in [0.3, 0.4) is 0 Å². The topological polar surface area (TPSA) is 6.48 Å². The quantitative estimate of drug-likeness (QED) is 0.227. The molecule has 0 radical (unpaired) electrons. The van der Waals surface area contributed by atoms with E-state index in [1.807, 2.05) is 0 Å². The fraction of sp³-hybridized carbons (Fsp3) is 0.625. The molecule has 2 aromatic rings. The van der Waals surface area contributed by atoms with E-state index in [0.717, 1.165) is 0 Å². The molecule has 0 saturated carbocycles. The van der Waals surface area contributed by atoms with E-state index in [1.54, 1.807) is 0 Å². The second-order valence-electron chi connectivity index (χ2n) is 14.7. The van der Waals surface area contributed by atoms with E-state index in [1.165, 1.54) is 44.2 Å². The predicted molar refractivity (Wildman–Crippen MR) is 187 cm³/mol. The maximum atomic E-state index is 4.81. The van der Waals surface area contributed by atoms with Crippen molar-refractivity contribution in [3.8, 4) is 0 Å². The van der Waals surface area contributed by atoms with Gasteiger partial charge >= 0.3 is 35.0 Å². The first-order valence-electron chi connectivity index (χ1n) is 13.4. The first kappa shape index (κ1) is 39.1. The van der Waals surface area contributed by atoms with Gasteiger partial charge in [-0.25, -0.2) is 0 Å². The van der Waals surface area contributed by atoms with E-state index in [0.29, 0.717) is 0 Å². The van der Waals surface area contributed by atoms with Crippen LogP contribution in [0.5, 0.6) is 0 Å². The summed E-state index contributed by atoms with van der Waals surface area (Å²) in [5.41, 5.74) is 9.13. The molecule has 0 aliphatic rings. The molecule has 0 aromatic heterocycles. The van der Waals surface area contributed by atoms with E-state index in [2.05, 4.69) is 164 Å². The number of anilines is 2.